The Hall–Kier alpha value is -2.50. The summed E-state index contributed by atoms with van der Waals surface area (Å²) in [5.74, 6) is -0.418. The minimum atomic E-state index is -0.342. The zero-order valence-corrected chi connectivity index (χ0v) is 15.5. The van der Waals surface area contributed by atoms with E-state index in [1.54, 1.807) is 12.1 Å². The van der Waals surface area contributed by atoms with Crippen LogP contribution in [0.1, 0.15) is 12.0 Å². The van der Waals surface area contributed by atoms with Crippen molar-refractivity contribution >= 4 is 17.7 Å². The molecule has 0 atom stereocenters. The van der Waals surface area contributed by atoms with Crippen LogP contribution in [0.2, 0.25) is 0 Å². The molecule has 0 saturated carbocycles. The number of carbonyl (C=O) groups is 1. The highest BCUT2D eigenvalue weighted by molar-refractivity contribution is 5.90. The van der Waals surface area contributed by atoms with Crippen molar-refractivity contribution < 1.29 is 9.18 Å². The Morgan fingerprint density at radius 2 is 1.74 bits per heavy atom. The summed E-state index contributed by atoms with van der Waals surface area (Å²) in [5.41, 5.74) is 1.73. The lowest BCUT2D eigenvalue weighted by atomic mass is 10.2. The van der Waals surface area contributed by atoms with Gasteiger partial charge < -0.3 is 10.2 Å². The van der Waals surface area contributed by atoms with Gasteiger partial charge in [0.2, 0.25) is 5.91 Å². The summed E-state index contributed by atoms with van der Waals surface area (Å²) < 4.78 is 13.1. The van der Waals surface area contributed by atoms with Crippen molar-refractivity contribution in [1.82, 2.24) is 9.80 Å². The minimum Gasteiger partial charge on any atom is -0.326 e. The first kappa shape index (κ1) is 19.3. The second-order valence-corrected chi connectivity index (χ2v) is 6.76. The molecule has 0 bridgehead atoms. The van der Waals surface area contributed by atoms with Crippen LogP contribution < -0.4 is 5.32 Å². The highest BCUT2D eigenvalue weighted by Gasteiger charge is 2.16. The molecule has 2 aromatic carbocycles. The van der Waals surface area contributed by atoms with Crippen LogP contribution in [0.5, 0.6) is 0 Å². The van der Waals surface area contributed by atoms with E-state index in [4.69, 9.17) is 0 Å². The van der Waals surface area contributed by atoms with Gasteiger partial charge in [-0.3, -0.25) is 9.69 Å². The molecule has 0 aromatic heterocycles. The zero-order chi connectivity index (χ0) is 18.9. The summed E-state index contributed by atoms with van der Waals surface area (Å²) in [6.07, 6.45) is 4.78. The van der Waals surface area contributed by atoms with E-state index < -0.39 is 0 Å². The van der Waals surface area contributed by atoms with Crippen molar-refractivity contribution in [3.8, 4) is 0 Å². The van der Waals surface area contributed by atoms with E-state index >= 15 is 0 Å². The normalized spacial score (nSPS) is 15.9. The largest absolute Gasteiger partial charge is 0.326 e. The number of nitrogens with zero attached hydrogens (tertiary/aromatic N) is 2. The number of amides is 1. The Bertz CT molecular complexity index is 755. The van der Waals surface area contributed by atoms with Gasteiger partial charge in [0, 0.05) is 51.4 Å². The molecule has 2 aromatic rings. The molecule has 27 heavy (non-hydrogen) atoms. The number of piperazine rings is 1. The van der Waals surface area contributed by atoms with Gasteiger partial charge in [-0.05, 0) is 23.8 Å². The number of halogens is 1. The molecular weight excluding hydrogens is 341 g/mol. The standard InChI is InChI=1S/C22H26FN3O/c23-20-9-4-10-21(18-20)24-22(27)11-13-26-16-14-25(15-17-26)12-5-8-19-6-2-1-3-7-19/h1-10,18H,11-17H2,(H,24,27). The highest BCUT2D eigenvalue weighted by Crippen LogP contribution is 2.10. The summed E-state index contributed by atoms with van der Waals surface area (Å²) >= 11 is 0. The summed E-state index contributed by atoms with van der Waals surface area (Å²) in [6, 6.07) is 16.3. The molecule has 1 saturated heterocycles. The van der Waals surface area contributed by atoms with Crippen LogP contribution in [0.25, 0.3) is 6.08 Å². The molecule has 0 unspecified atom stereocenters. The number of hydrogen-bond donors (Lipinski definition) is 1. The van der Waals surface area contributed by atoms with Gasteiger partial charge in [0.05, 0.1) is 0 Å². The van der Waals surface area contributed by atoms with Crippen molar-refractivity contribution in [2.75, 3.05) is 44.6 Å². The quantitative estimate of drug-likeness (QED) is 0.814. The fourth-order valence-electron chi connectivity index (χ4n) is 3.15. The van der Waals surface area contributed by atoms with Crippen molar-refractivity contribution in [3.63, 3.8) is 0 Å². The minimum absolute atomic E-state index is 0.0752. The van der Waals surface area contributed by atoms with Crippen LogP contribution in [0.3, 0.4) is 0 Å². The average molecular weight is 367 g/mol. The Morgan fingerprint density at radius 1 is 1.00 bits per heavy atom. The highest BCUT2D eigenvalue weighted by atomic mass is 19.1. The molecule has 1 amide bonds. The Morgan fingerprint density at radius 3 is 2.48 bits per heavy atom. The van der Waals surface area contributed by atoms with Crippen LogP contribution in [0.15, 0.2) is 60.7 Å². The van der Waals surface area contributed by atoms with Gasteiger partial charge in [0.25, 0.3) is 0 Å². The summed E-state index contributed by atoms with van der Waals surface area (Å²) in [7, 11) is 0. The van der Waals surface area contributed by atoms with Gasteiger partial charge in [-0.1, -0.05) is 48.6 Å². The number of anilines is 1. The molecule has 1 aliphatic heterocycles. The summed E-state index contributed by atoms with van der Waals surface area (Å²) in [6.45, 7) is 5.62. The lowest BCUT2D eigenvalue weighted by Crippen LogP contribution is -2.46. The number of hydrogen-bond acceptors (Lipinski definition) is 3. The lowest BCUT2D eigenvalue weighted by Gasteiger charge is -2.34. The topological polar surface area (TPSA) is 35.6 Å². The maximum Gasteiger partial charge on any atom is 0.225 e. The number of nitrogens with one attached hydrogen (secondary N) is 1. The molecule has 0 spiro atoms. The van der Waals surface area contributed by atoms with E-state index in [9.17, 15) is 9.18 Å². The Kier molecular flexibility index (Phi) is 7.13. The SMILES string of the molecule is O=C(CCN1CCN(CC=Cc2ccccc2)CC1)Nc1cccc(F)c1. The van der Waals surface area contributed by atoms with Crippen molar-refractivity contribution in [2.45, 2.75) is 6.42 Å². The second kappa shape index (κ2) is 10.00. The third kappa shape index (κ3) is 6.62. The van der Waals surface area contributed by atoms with E-state index in [1.807, 2.05) is 18.2 Å². The van der Waals surface area contributed by atoms with Crippen molar-refractivity contribution in [3.05, 3.63) is 72.1 Å². The third-order valence-electron chi connectivity index (χ3n) is 4.70. The smallest absolute Gasteiger partial charge is 0.225 e. The monoisotopic (exact) mass is 367 g/mol. The van der Waals surface area contributed by atoms with Gasteiger partial charge >= 0.3 is 0 Å². The van der Waals surface area contributed by atoms with E-state index in [-0.39, 0.29) is 11.7 Å². The van der Waals surface area contributed by atoms with Crippen LogP contribution in [-0.4, -0.2) is 55.0 Å². The second-order valence-electron chi connectivity index (χ2n) is 6.76. The molecule has 3 rings (SSSR count). The molecular formula is C22H26FN3O. The number of benzene rings is 2. The average Bonchev–Trinajstić information content (AvgIpc) is 2.68. The molecule has 142 valence electrons. The van der Waals surface area contributed by atoms with Crippen LogP contribution in [0.4, 0.5) is 10.1 Å². The summed E-state index contributed by atoms with van der Waals surface area (Å²) in [5, 5.41) is 2.75. The molecule has 0 aliphatic carbocycles. The Labute approximate surface area is 160 Å². The fourth-order valence-corrected chi connectivity index (χ4v) is 3.15. The van der Waals surface area contributed by atoms with Crippen LogP contribution in [-0.2, 0) is 4.79 Å². The number of carbonyl (C=O) groups excluding carboxylic acids is 1. The molecule has 0 radical (unpaired) electrons. The molecule has 1 N–H and O–H groups in total. The van der Waals surface area contributed by atoms with Gasteiger partial charge in [0.15, 0.2) is 0 Å². The van der Waals surface area contributed by atoms with Gasteiger partial charge in [-0.2, -0.15) is 0 Å². The predicted molar refractivity (Wildman–Crippen MR) is 108 cm³/mol. The predicted octanol–water partition coefficient (Wildman–Crippen LogP) is 3.49. The molecule has 1 heterocycles. The van der Waals surface area contributed by atoms with E-state index in [1.165, 1.54) is 17.7 Å². The van der Waals surface area contributed by atoms with Gasteiger partial charge in [-0.15, -0.1) is 0 Å². The number of rotatable bonds is 7. The van der Waals surface area contributed by atoms with Crippen LogP contribution >= 0.6 is 0 Å². The van der Waals surface area contributed by atoms with E-state index in [2.05, 4.69) is 39.4 Å². The fraction of sp³-hybridized carbons (Fsp3) is 0.318. The maximum absolute atomic E-state index is 13.1. The molecule has 1 fully saturated rings. The zero-order valence-electron chi connectivity index (χ0n) is 15.5. The first-order valence-electron chi connectivity index (χ1n) is 9.41. The van der Waals surface area contributed by atoms with E-state index in [0.717, 1.165) is 39.3 Å². The van der Waals surface area contributed by atoms with E-state index in [0.29, 0.717) is 12.1 Å². The summed E-state index contributed by atoms with van der Waals surface area (Å²) in [4.78, 5) is 16.8. The maximum atomic E-state index is 13.1. The van der Waals surface area contributed by atoms with Crippen LogP contribution in [0, 0.1) is 5.82 Å². The molecule has 4 nitrogen and oxygen atoms in total. The first-order valence-corrected chi connectivity index (χ1v) is 9.41. The Balaban J connectivity index is 1.33. The third-order valence-corrected chi connectivity index (χ3v) is 4.70. The van der Waals surface area contributed by atoms with Crippen molar-refractivity contribution in [1.29, 1.82) is 0 Å². The lowest BCUT2D eigenvalue weighted by molar-refractivity contribution is -0.116. The molecule has 1 aliphatic rings. The van der Waals surface area contributed by atoms with Crippen molar-refractivity contribution in [2.24, 2.45) is 0 Å². The first-order chi connectivity index (χ1) is 13.2. The van der Waals surface area contributed by atoms with Gasteiger partial charge in [-0.25, -0.2) is 4.39 Å². The van der Waals surface area contributed by atoms with Gasteiger partial charge in [0.1, 0.15) is 5.82 Å². The molecule has 5 heteroatoms.